The molecule has 4 heteroatoms. The molecular weight excluding hydrogens is 753 g/mol. The number of allylic oxidation sites excluding steroid dienone is 3. The monoisotopic (exact) mass is 802 g/mol. The first-order valence-electron chi connectivity index (χ1n) is 21.8. The molecule has 4 nitrogen and oxygen atoms in total. The second-order valence-corrected chi connectivity index (χ2v) is 17.0. The molecule has 1 aliphatic carbocycles. The number of para-hydroxylation sites is 3. The van der Waals surface area contributed by atoms with Crippen molar-refractivity contribution in [2.75, 3.05) is 16.3 Å². The number of fused-ring (bicyclic) bond motifs is 3. The van der Waals surface area contributed by atoms with Gasteiger partial charge in [-0.25, -0.2) is 9.97 Å². The van der Waals surface area contributed by atoms with Gasteiger partial charge in [0, 0.05) is 57.1 Å². The van der Waals surface area contributed by atoms with Crippen LogP contribution in [0.4, 0.5) is 28.4 Å². The maximum atomic E-state index is 5.54. The van der Waals surface area contributed by atoms with Gasteiger partial charge < -0.3 is 9.80 Å². The highest BCUT2D eigenvalue weighted by Crippen LogP contribution is 2.45. The minimum absolute atomic E-state index is 0.0254. The summed E-state index contributed by atoms with van der Waals surface area (Å²) in [5.74, 6) is 0. The van der Waals surface area contributed by atoms with Gasteiger partial charge in [0.25, 0.3) is 0 Å². The molecule has 1 aliphatic heterocycles. The van der Waals surface area contributed by atoms with Crippen molar-refractivity contribution in [1.29, 1.82) is 0 Å². The summed E-state index contributed by atoms with van der Waals surface area (Å²) < 4.78 is 0. The highest BCUT2D eigenvalue weighted by molar-refractivity contribution is 5.96. The molecule has 7 aromatic carbocycles. The zero-order valence-electron chi connectivity index (χ0n) is 35.7. The highest BCUT2D eigenvalue weighted by atomic mass is 15.2. The SMILES string of the molecule is C=CCCC1=Cc2ccccc2N(c2ccc(N(c3ccccc3)c3ccc(-c4nc5c(-c6ccc7c(c6)C(C)(C)C=C7CC)cccc5nc4-c4ccccc4)cc3)cc2)C1. The lowest BCUT2D eigenvalue weighted by molar-refractivity contribution is 0.683. The largest absolute Gasteiger partial charge is 0.337 e. The Morgan fingerprint density at radius 2 is 1.29 bits per heavy atom. The van der Waals surface area contributed by atoms with Crippen LogP contribution in [0.15, 0.2) is 194 Å². The average molecular weight is 803 g/mol. The third-order valence-corrected chi connectivity index (χ3v) is 12.5. The zero-order valence-corrected chi connectivity index (χ0v) is 35.7. The molecule has 0 N–H and O–H groups in total. The number of nitrogens with zero attached hydrogens (tertiary/aromatic N) is 4. The topological polar surface area (TPSA) is 32.3 Å². The van der Waals surface area contributed by atoms with Crippen molar-refractivity contribution >= 4 is 51.1 Å². The number of hydrogen-bond donors (Lipinski definition) is 0. The third-order valence-electron chi connectivity index (χ3n) is 12.5. The van der Waals surface area contributed by atoms with Crippen LogP contribution < -0.4 is 9.80 Å². The van der Waals surface area contributed by atoms with Crippen molar-refractivity contribution in [3.8, 4) is 33.6 Å². The van der Waals surface area contributed by atoms with Crippen LogP contribution in [0.5, 0.6) is 0 Å². The van der Waals surface area contributed by atoms with Gasteiger partial charge in [-0.2, -0.15) is 0 Å². The van der Waals surface area contributed by atoms with Crippen molar-refractivity contribution in [1.82, 2.24) is 9.97 Å². The Hall–Kier alpha value is -7.30. The van der Waals surface area contributed by atoms with Crippen molar-refractivity contribution < 1.29 is 0 Å². The molecular formula is C58H50N4. The van der Waals surface area contributed by atoms with Crippen molar-refractivity contribution in [3.05, 3.63) is 211 Å². The Balaban J connectivity index is 1.04. The molecule has 0 amide bonds. The molecule has 0 unspecified atom stereocenters. The van der Waals surface area contributed by atoms with E-state index in [2.05, 4.69) is 213 Å². The fourth-order valence-corrected chi connectivity index (χ4v) is 9.37. The van der Waals surface area contributed by atoms with Crippen LogP contribution in [-0.4, -0.2) is 16.5 Å². The van der Waals surface area contributed by atoms with Crippen LogP contribution in [0.2, 0.25) is 0 Å². The summed E-state index contributed by atoms with van der Waals surface area (Å²) >= 11 is 0. The quantitative estimate of drug-likeness (QED) is 0.122. The molecule has 0 radical (unpaired) electrons. The highest BCUT2D eigenvalue weighted by Gasteiger charge is 2.30. The van der Waals surface area contributed by atoms with Gasteiger partial charge in [-0.15, -0.1) is 6.58 Å². The summed E-state index contributed by atoms with van der Waals surface area (Å²) in [7, 11) is 0. The van der Waals surface area contributed by atoms with Crippen molar-refractivity contribution in [2.24, 2.45) is 0 Å². The normalized spacial score (nSPS) is 13.9. The summed E-state index contributed by atoms with van der Waals surface area (Å²) in [5, 5.41) is 0. The number of rotatable bonds is 11. The van der Waals surface area contributed by atoms with E-state index in [9.17, 15) is 0 Å². The van der Waals surface area contributed by atoms with E-state index in [0.29, 0.717) is 0 Å². The van der Waals surface area contributed by atoms with Crippen LogP contribution >= 0.6 is 0 Å². The first-order chi connectivity index (χ1) is 30.4. The molecule has 62 heavy (non-hydrogen) atoms. The Morgan fingerprint density at radius 1 is 0.645 bits per heavy atom. The molecule has 0 saturated carbocycles. The predicted octanol–water partition coefficient (Wildman–Crippen LogP) is 15.7. The van der Waals surface area contributed by atoms with Crippen LogP contribution in [0.3, 0.4) is 0 Å². The lowest BCUT2D eigenvalue weighted by Crippen LogP contribution is -2.23. The predicted molar refractivity (Wildman–Crippen MR) is 263 cm³/mol. The molecule has 2 heterocycles. The molecule has 0 saturated heterocycles. The molecule has 10 rings (SSSR count). The minimum Gasteiger partial charge on any atom is -0.337 e. The van der Waals surface area contributed by atoms with E-state index in [4.69, 9.17) is 9.97 Å². The van der Waals surface area contributed by atoms with Gasteiger partial charge in [-0.1, -0.05) is 142 Å². The van der Waals surface area contributed by atoms with Crippen molar-refractivity contribution in [3.63, 3.8) is 0 Å². The number of hydrogen-bond acceptors (Lipinski definition) is 4. The van der Waals surface area contributed by atoms with E-state index in [0.717, 1.165) is 87.5 Å². The molecule has 0 spiro atoms. The Labute approximate surface area is 365 Å². The van der Waals surface area contributed by atoms with Crippen LogP contribution in [0, 0.1) is 0 Å². The van der Waals surface area contributed by atoms with Gasteiger partial charge in [0.1, 0.15) is 0 Å². The van der Waals surface area contributed by atoms with Gasteiger partial charge in [-0.05, 0) is 119 Å². The number of anilines is 5. The molecule has 302 valence electrons. The maximum absolute atomic E-state index is 5.54. The van der Waals surface area contributed by atoms with Crippen molar-refractivity contribution in [2.45, 2.75) is 45.4 Å². The summed E-state index contributed by atoms with van der Waals surface area (Å²) in [6, 6.07) is 60.9. The van der Waals surface area contributed by atoms with Crippen LogP contribution in [0.1, 0.15) is 56.7 Å². The Morgan fingerprint density at radius 3 is 2.03 bits per heavy atom. The molecule has 1 aromatic heterocycles. The maximum Gasteiger partial charge on any atom is 0.0973 e. The summed E-state index contributed by atoms with van der Waals surface area (Å²) in [4.78, 5) is 15.7. The van der Waals surface area contributed by atoms with E-state index in [1.54, 1.807) is 0 Å². The zero-order chi connectivity index (χ0) is 42.2. The first kappa shape index (κ1) is 38.9. The van der Waals surface area contributed by atoms with E-state index in [1.807, 2.05) is 12.1 Å². The molecule has 0 bridgehead atoms. The Kier molecular flexibility index (Phi) is 10.2. The number of aromatic nitrogens is 2. The summed E-state index contributed by atoms with van der Waals surface area (Å²) in [6.45, 7) is 11.7. The third kappa shape index (κ3) is 7.22. The molecule has 0 atom stereocenters. The summed E-state index contributed by atoms with van der Waals surface area (Å²) in [5.41, 5.74) is 20.2. The van der Waals surface area contributed by atoms with Gasteiger partial charge in [0.2, 0.25) is 0 Å². The summed E-state index contributed by atoms with van der Waals surface area (Å²) in [6.07, 6.45) is 9.80. The van der Waals surface area contributed by atoms with Crippen LogP contribution in [-0.2, 0) is 5.41 Å². The fourth-order valence-electron chi connectivity index (χ4n) is 9.37. The van der Waals surface area contributed by atoms with Gasteiger partial charge >= 0.3 is 0 Å². The molecule has 0 fully saturated rings. The van der Waals surface area contributed by atoms with Gasteiger partial charge in [0.05, 0.1) is 22.4 Å². The lowest BCUT2D eigenvalue weighted by Gasteiger charge is -2.32. The molecule has 2 aliphatic rings. The van der Waals surface area contributed by atoms with E-state index in [-0.39, 0.29) is 5.41 Å². The van der Waals surface area contributed by atoms with E-state index >= 15 is 0 Å². The smallest absolute Gasteiger partial charge is 0.0973 e. The number of benzene rings is 7. The van der Waals surface area contributed by atoms with E-state index in [1.165, 1.54) is 39.2 Å². The minimum atomic E-state index is -0.0254. The lowest BCUT2D eigenvalue weighted by atomic mass is 9.85. The van der Waals surface area contributed by atoms with Gasteiger partial charge in [0.15, 0.2) is 0 Å². The first-order valence-corrected chi connectivity index (χ1v) is 21.8. The molecule has 8 aromatic rings. The second kappa shape index (κ2) is 16.3. The second-order valence-electron chi connectivity index (χ2n) is 17.0. The van der Waals surface area contributed by atoms with E-state index < -0.39 is 0 Å². The van der Waals surface area contributed by atoms with Gasteiger partial charge in [-0.3, -0.25) is 0 Å². The Bertz CT molecular complexity index is 3000. The van der Waals surface area contributed by atoms with Crippen LogP contribution in [0.25, 0.3) is 56.3 Å². The average Bonchev–Trinajstić information content (AvgIpc) is 3.59. The standard InChI is InChI=1S/C58H50N4/c1-5-7-17-40-36-45-20-14-15-25-54(45)61(39-40)46-31-33-49(34-32-46)62(47-21-12-9-13-22-47)48-29-26-43(27-30-48)56-55(42-18-10-8-11-19-42)59-53-24-16-23-51(57(53)60-56)44-28-35-50-41(6-2)38-58(3,4)52(50)37-44/h5,8-16,18-38H,1,6-7,17,39H2,2-4H3. The fraction of sp³-hybridized carbons (Fsp3) is 0.138.